The molecule has 0 saturated carbocycles. The lowest BCUT2D eigenvalue weighted by Gasteiger charge is -1.78. The summed E-state index contributed by atoms with van der Waals surface area (Å²) in [6.07, 6.45) is 0. The van der Waals surface area contributed by atoms with Gasteiger partial charge in [-0.1, -0.05) is 0 Å². The molecular formula is C6H10N4O4S. The van der Waals surface area contributed by atoms with E-state index in [1.165, 1.54) is 0 Å². The average Bonchev–Trinajstić information content (AvgIpc) is 2.63. The highest BCUT2D eigenvalue weighted by Gasteiger charge is 2.14. The fourth-order valence-electron chi connectivity index (χ4n) is 0.751. The van der Waals surface area contributed by atoms with E-state index in [9.17, 15) is 19.2 Å². The highest BCUT2D eigenvalue weighted by Crippen LogP contribution is 1.74. The van der Waals surface area contributed by atoms with Crippen molar-refractivity contribution in [3.63, 3.8) is 0 Å². The molecule has 9 heteroatoms. The van der Waals surface area contributed by atoms with Crippen LogP contribution < -0.4 is 21.3 Å². The van der Waals surface area contributed by atoms with Gasteiger partial charge in [0, 0.05) is 0 Å². The third kappa shape index (κ3) is 4.86. The molecule has 0 aliphatic carbocycles. The lowest BCUT2D eigenvalue weighted by atomic mass is 10.7. The third-order valence-electron chi connectivity index (χ3n) is 1.32. The van der Waals surface area contributed by atoms with Crippen molar-refractivity contribution in [1.82, 2.24) is 21.3 Å². The van der Waals surface area contributed by atoms with Crippen LogP contribution in [0.5, 0.6) is 0 Å². The number of hydrogen-bond acceptors (Lipinski definition) is 4. The van der Waals surface area contributed by atoms with Gasteiger partial charge in [-0.2, -0.15) is 13.5 Å². The van der Waals surface area contributed by atoms with Gasteiger partial charge in [-0.15, -0.1) is 0 Å². The minimum absolute atomic E-state index is 0. The Bertz CT molecular complexity index is 248. The highest BCUT2D eigenvalue weighted by molar-refractivity contribution is 7.59. The molecule has 2 rings (SSSR count). The van der Waals surface area contributed by atoms with E-state index in [1.54, 1.807) is 0 Å². The number of imide groups is 2. The molecule has 2 aliphatic heterocycles. The molecule has 0 aromatic heterocycles. The predicted molar refractivity (Wildman–Crippen MR) is 53.5 cm³/mol. The van der Waals surface area contributed by atoms with Gasteiger partial charge in [-0.25, -0.2) is 9.59 Å². The molecule has 2 saturated heterocycles. The molecule has 2 aliphatic rings. The Morgan fingerprint density at radius 2 is 1.07 bits per heavy atom. The molecular weight excluding hydrogens is 224 g/mol. The molecule has 2 fully saturated rings. The SMILES string of the molecule is O=C1CNC(=O)N1.O=C1CNC(=O)N1.S. The Morgan fingerprint density at radius 1 is 0.733 bits per heavy atom. The number of amides is 6. The first-order chi connectivity index (χ1) is 6.58. The summed E-state index contributed by atoms with van der Waals surface area (Å²) >= 11 is 0. The normalized spacial score (nSPS) is 17.6. The molecule has 15 heavy (non-hydrogen) atoms. The summed E-state index contributed by atoms with van der Waals surface area (Å²) in [6.45, 7) is 0.248. The average molecular weight is 234 g/mol. The van der Waals surface area contributed by atoms with Gasteiger partial charge in [-0.05, 0) is 0 Å². The molecule has 8 nitrogen and oxygen atoms in total. The second-order valence-corrected chi connectivity index (χ2v) is 2.46. The van der Waals surface area contributed by atoms with E-state index in [2.05, 4.69) is 10.6 Å². The Balaban J connectivity index is 0.000000245. The van der Waals surface area contributed by atoms with Crippen LogP contribution in [0.1, 0.15) is 0 Å². The molecule has 2 heterocycles. The maximum Gasteiger partial charge on any atom is 0.321 e. The molecule has 0 aromatic rings. The zero-order chi connectivity index (χ0) is 10.6. The minimum Gasteiger partial charge on any atom is -0.329 e. The van der Waals surface area contributed by atoms with Crippen molar-refractivity contribution in [2.24, 2.45) is 0 Å². The second kappa shape index (κ2) is 5.86. The van der Waals surface area contributed by atoms with Crippen molar-refractivity contribution < 1.29 is 19.2 Å². The molecule has 4 N–H and O–H groups in total. The van der Waals surface area contributed by atoms with E-state index in [4.69, 9.17) is 0 Å². The van der Waals surface area contributed by atoms with Crippen molar-refractivity contribution in [3.05, 3.63) is 0 Å². The summed E-state index contributed by atoms with van der Waals surface area (Å²) in [5, 5.41) is 8.59. The predicted octanol–water partition coefficient (Wildman–Crippen LogP) is -2.24. The van der Waals surface area contributed by atoms with E-state index in [0.717, 1.165) is 0 Å². The van der Waals surface area contributed by atoms with Crippen molar-refractivity contribution >= 4 is 37.4 Å². The van der Waals surface area contributed by atoms with Crippen LogP contribution >= 0.6 is 13.5 Å². The number of nitrogens with one attached hydrogen (secondary N) is 4. The van der Waals surface area contributed by atoms with Gasteiger partial charge in [0.25, 0.3) is 0 Å². The monoisotopic (exact) mass is 234 g/mol. The zero-order valence-corrected chi connectivity index (χ0v) is 8.55. The van der Waals surface area contributed by atoms with Gasteiger partial charge in [0.05, 0.1) is 13.1 Å². The Morgan fingerprint density at radius 3 is 1.13 bits per heavy atom. The van der Waals surface area contributed by atoms with Crippen LogP contribution in [0.4, 0.5) is 9.59 Å². The summed E-state index contributed by atoms with van der Waals surface area (Å²) in [4.78, 5) is 40.1. The number of rotatable bonds is 0. The number of carbonyl (C=O) groups excluding carboxylic acids is 4. The van der Waals surface area contributed by atoms with Gasteiger partial charge < -0.3 is 10.6 Å². The van der Waals surface area contributed by atoms with E-state index in [1.807, 2.05) is 10.6 Å². The van der Waals surface area contributed by atoms with Crippen LogP contribution in [-0.4, -0.2) is 37.0 Å². The lowest BCUT2D eigenvalue weighted by Crippen LogP contribution is -2.22. The smallest absolute Gasteiger partial charge is 0.321 e. The summed E-state index contributed by atoms with van der Waals surface area (Å²) in [5.41, 5.74) is 0. The van der Waals surface area contributed by atoms with Crippen molar-refractivity contribution in [2.75, 3.05) is 13.1 Å². The summed E-state index contributed by atoms with van der Waals surface area (Å²) in [7, 11) is 0. The van der Waals surface area contributed by atoms with Crippen molar-refractivity contribution in [2.45, 2.75) is 0 Å². The molecule has 0 aromatic carbocycles. The molecule has 0 spiro atoms. The highest BCUT2D eigenvalue weighted by atomic mass is 32.1. The maximum absolute atomic E-state index is 10.1. The first kappa shape index (κ1) is 13.2. The number of hydrogen-bond donors (Lipinski definition) is 4. The molecule has 0 bridgehead atoms. The van der Waals surface area contributed by atoms with E-state index in [0.29, 0.717) is 0 Å². The quantitative estimate of drug-likeness (QED) is 0.355. The summed E-state index contributed by atoms with van der Waals surface area (Å²) < 4.78 is 0. The fourth-order valence-corrected chi connectivity index (χ4v) is 0.751. The standard InChI is InChI=1S/2C3H4N2O2.H2S/c2*6-2-1-4-3(7)5-2;/h2*1H2,(H2,4,5,6,7);1H2. The van der Waals surface area contributed by atoms with Crippen molar-refractivity contribution in [1.29, 1.82) is 0 Å². The van der Waals surface area contributed by atoms with E-state index in [-0.39, 0.29) is 38.4 Å². The molecule has 6 amide bonds. The van der Waals surface area contributed by atoms with Crippen LogP contribution in [0.25, 0.3) is 0 Å². The van der Waals surface area contributed by atoms with Crippen LogP contribution in [0.2, 0.25) is 0 Å². The lowest BCUT2D eigenvalue weighted by molar-refractivity contribution is -0.118. The minimum atomic E-state index is -0.398. The van der Waals surface area contributed by atoms with Gasteiger partial charge >= 0.3 is 12.1 Å². The van der Waals surface area contributed by atoms with Gasteiger partial charge in [-0.3, -0.25) is 20.2 Å². The molecule has 84 valence electrons. The Hall–Kier alpha value is -1.77. The first-order valence-corrected chi connectivity index (χ1v) is 3.73. The Labute approximate surface area is 91.6 Å². The van der Waals surface area contributed by atoms with E-state index < -0.39 is 12.1 Å². The third-order valence-corrected chi connectivity index (χ3v) is 1.32. The van der Waals surface area contributed by atoms with Crippen LogP contribution in [0.3, 0.4) is 0 Å². The Kier molecular flexibility index (Phi) is 5.16. The largest absolute Gasteiger partial charge is 0.329 e. The summed E-state index contributed by atoms with van der Waals surface area (Å²) in [6, 6.07) is -0.796. The van der Waals surface area contributed by atoms with Crippen LogP contribution in [0.15, 0.2) is 0 Å². The van der Waals surface area contributed by atoms with Crippen molar-refractivity contribution in [3.8, 4) is 0 Å². The first-order valence-electron chi connectivity index (χ1n) is 3.73. The van der Waals surface area contributed by atoms with Crippen LogP contribution in [-0.2, 0) is 9.59 Å². The van der Waals surface area contributed by atoms with E-state index >= 15 is 0 Å². The number of carbonyl (C=O) groups is 4. The second-order valence-electron chi connectivity index (χ2n) is 2.46. The zero-order valence-electron chi connectivity index (χ0n) is 7.55. The van der Waals surface area contributed by atoms with Crippen LogP contribution in [0, 0.1) is 0 Å². The molecule has 0 atom stereocenters. The topological polar surface area (TPSA) is 116 Å². The van der Waals surface area contributed by atoms with Gasteiger partial charge in [0.1, 0.15) is 0 Å². The molecule has 0 unspecified atom stereocenters. The van der Waals surface area contributed by atoms with Gasteiger partial charge in [0.2, 0.25) is 11.8 Å². The number of urea groups is 2. The fraction of sp³-hybridized carbons (Fsp3) is 0.333. The van der Waals surface area contributed by atoms with Gasteiger partial charge in [0.15, 0.2) is 0 Å². The molecule has 0 radical (unpaired) electrons. The summed E-state index contributed by atoms with van der Waals surface area (Å²) in [5.74, 6) is -0.519. The maximum atomic E-state index is 10.1.